The molecule has 0 amide bonds. The van der Waals surface area contributed by atoms with Crippen LogP contribution in [-0.2, 0) is 0 Å². The Bertz CT molecular complexity index is 1180. The first kappa shape index (κ1) is 20.4. The lowest BCUT2D eigenvalue weighted by molar-refractivity contribution is -0.991. The number of nitrogens with zero attached hydrogens (tertiary/aromatic N) is 6. The summed E-state index contributed by atoms with van der Waals surface area (Å²) < 4.78 is 1.82. The Balaban J connectivity index is 1.45. The van der Waals surface area contributed by atoms with Gasteiger partial charge in [-0.05, 0) is 18.2 Å². The molecule has 156 valence electrons. The summed E-state index contributed by atoms with van der Waals surface area (Å²) in [6.07, 6.45) is 8.16. The van der Waals surface area contributed by atoms with Gasteiger partial charge in [0.25, 0.3) is 0 Å². The van der Waals surface area contributed by atoms with Gasteiger partial charge in [0.1, 0.15) is 22.5 Å². The first-order valence-electron chi connectivity index (χ1n) is 9.17. The second kappa shape index (κ2) is 9.28. The third kappa shape index (κ3) is 4.82. The van der Waals surface area contributed by atoms with Crippen LogP contribution in [0.4, 0.5) is 17.5 Å². The van der Waals surface area contributed by atoms with Gasteiger partial charge in [-0.1, -0.05) is 0 Å². The maximum absolute atomic E-state index is 10.9. The number of anilines is 2. The van der Waals surface area contributed by atoms with Gasteiger partial charge in [0.05, 0.1) is 29.3 Å². The Morgan fingerprint density at radius 2 is 2.03 bits per heavy atom. The number of thiophene rings is 1. The van der Waals surface area contributed by atoms with E-state index in [9.17, 15) is 5.21 Å². The van der Waals surface area contributed by atoms with Crippen molar-refractivity contribution in [1.29, 1.82) is 5.26 Å². The second-order valence-corrected chi connectivity index (χ2v) is 7.35. The number of hydrogen-bond acceptors (Lipinski definition) is 10. The van der Waals surface area contributed by atoms with E-state index < -0.39 is 5.23 Å². The zero-order valence-corrected chi connectivity index (χ0v) is 16.9. The number of quaternary nitrogens is 1. The quantitative estimate of drug-likeness (QED) is 0.239. The predicted octanol–water partition coefficient (Wildman–Crippen LogP) is 1.58. The third-order valence-electron chi connectivity index (χ3n) is 4.23. The van der Waals surface area contributed by atoms with Crippen LogP contribution in [0.5, 0.6) is 0 Å². The highest BCUT2D eigenvalue weighted by atomic mass is 32.1. The van der Waals surface area contributed by atoms with E-state index in [1.807, 2.05) is 10.6 Å². The number of hydrogen-bond donors (Lipinski definition) is 4. The molecule has 0 aromatic carbocycles. The molecule has 0 spiro atoms. The van der Waals surface area contributed by atoms with Gasteiger partial charge >= 0.3 is 0 Å². The van der Waals surface area contributed by atoms with E-state index in [0.717, 1.165) is 10.6 Å². The Kier molecular flexibility index (Phi) is 6.11. The van der Waals surface area contributed by atoms with Crippen LogP contribution in [0.15, 0.2) is 55.4 Å². The fourth-order valence-corrected chi connectivity index (χ4v) is 3.55. The van der Waals surface area contributed by atoms with E-state index >= 15 is 0 Å². The first-order chi connectivity index (χ1) is 15.1. The minimum Gasteiger partial charge on any atom is -0.595 e. The first-order valence-corrected chi connectivity index (χ1v) is 9.98. The second-order valence-electron chi connectivity index (χ2n) is 6.26. The van der Waals surface area contributed by atoms with Crippen molar-refractivity contribution in [1.82, 2.24) is 24.5 Å². The van der Waals surface area contributed by atoms with Crippen molar-refractivity contribution >= 4 is 28.8 Å². The summed E-state index contributed by atoms with van der Waals surface area (Å²) in [6, 6.07) is 8.88. The van der Waals surface area contributed by atoms with Gasteiger partial charge in [-0.2, -0.15) is 10.5 Å². The molecule has 4 aromatic rings. The van der Waals surface area contributed by atoms with Crippen molar-refractivity contribution in [2.24, 2.45) is 0 Å². The van der Waals surface area contributed by atoms with E-state index in [1.54, 1.807) is 37.1 Å². The highest BCUT2D eigenvalue weighted by Crippen LogP contribution is 2.31. The van der Waals surface area contributed by atoms with Gasteiger partial charge < -0.3 is 20.4 Å². The number of rotatable bonds is 8. The van der Waals surface area contributed by atoms with Crippen LogP contribution >= 0.6 is 11.3 Å². The van der Waals surface area contributed by atoms with Crippen LogP contribution < -0.4 is 15.9 Å². The minimum atomic E-state index is -1.01. The standard InChI is InChI=1S/C19H17N9O2S/c20-9-14-2-3-16(31-14)18-15(27-8-7-21-12-27)11-25-19(26-18)23-6-5-22-17-4-1-13(10-24-17)28(29)30/h1-4,7-8,10-12,28-29H,5-6H2,(H,22,24)(H,23,25,26). The fourth-order valence-electron chi connectivity index (χ4n) is 2.75. The van der Waals surface area contributed by atoms with E-state index in [2.05, 4.69) is 36.6 Å². The monoisotopic (exact) mass is 435 g/mol. The SMILES string of the molecule is N#Cc1ccc(-c2nc(NCCNc3ccc([NH+]([O-])O)cn3)ncc2-n2ccnc2)s1. The van der Waals surface area contributed by atoms with Gasteiger partial charge in [-0.15, -0.1) is 11.3 Å². The summed E-state index contributed by atoms with van der Waals surface area (Å²) in [7, 11) is 0. The molecular formula is C19H17N9O2S. The molecule has 4 heterocycles. The molecule has 0 radical (unpaired) electrons. The Morgan fingerprint density at radius 3 is 2.71 bits per heavy atom. The van der Waals surface area contributed by atoms with E-state index in [4.69, 9.17) is 10.5 Å². The van der Waals surface area contributed by atoms with E-state index in [1.165, 1.54) is 23.6 Å². The number of nitrogens with one attached hydrogen (secondary N) is 3. The molecule has 1 atom stereocenters. The third-order valence-corrected chi connectivity index (χ3v) is 5.22. The highest BCUT2D eigenvalue weighted by molar-refractivity contribution is 7.16. The summed E-state index contributed by atoms with van der Waals surface area (Å²) in [5, 5.41) is 34.2. The molecule has 4 rings (SSSR count). The van der Waals surface area contributed by atoms with E-state index in [-0.39, 0.29) is 5.69 Å². The van der Waals surface area contributed by atoms with Crippen molar-refractivity contribution in [2.45, 2.75) is 0 Å². The number of aromatic nitrogens is 5. The number of imidazole rings is 1. The minimum absolute atomic E-state index is 0.135. The van der Waals surface area contributed by atoms with Crippen molar-refractivity contribution in [3.63, 3.8) is 0 Å². The molecule has 0 fully saturated rings. The molecule has 11 nitrogen and oxygen atoms in total. The lowest BCUT2D eigenvalue weighted by atomic mass is 10.3. The molecule has 0 saturated heterocycles. The van der Waals surface area contributed by atoms with Crippen LogP contribution in [0.3, 0.4) is 0 Å². The summed E-state index contributed by atoms with van der Waals surface area (Å²) in [5.41, 5.74) is 1.59. The number of nitriles is 1. The zero-order chi connectivity index (χ0) is 21.6. The van der Waals surface area contributed by atoms with Crippen LogP contribution in [-0.4, -0.2) is 42.8 Å². The molecule has 4 N–H and O–H groups in total. The van der Waals surface area contributed by atoms with Crippen molar-refractivity contribution < 1.29 is 10.4 Å². The maximum atomic E-state index is 10.9. The molecule has 1 unspecified atom stereocenters. The summed E-state index contributed by atoms with van der Waals surface area (Å²) >= 11 is 1.36. The van der Waals surface area contributed by atoms with Crippen molar-refractivity contribution in [3.8, 4) is 22.3 Å². The van der Waals surface area contributed by atoms with Crippen LogP contribution in [0, 0.1) is 16.5 Å². The average Bonchev–Trinajstić information content (AvgIpc) is 3.49. The topological polar surface area (TPSA) is 152 Å². The summed E-state index contributed by atoms with van der Waals surface area (Å²) in [4.78, 5) is 18.6. The predicted molar refractivity (Wildman–Crippen MR) is 114 cm³/mol. The van der Waals surface area contributed by atoms with Crippen LogP contribution in [0.1, 0.15) is 4.88 Å². The molecule has 4 aromatic heterocycles. The highest BCUT2D eigenvalue weighted by Gasteiger charge is 2.13. The van der Waals surface area contributed by atoms with Gasteiger partial charge in [0.15, 0.2) is 5.69 Å². The molecule has 31 heavy (non-hydrogen) atoms. The lowest BCUT2D eigenvalue weighted by Gasteiger charge is -2.12. The normalized spacial score (nSPS) is 11.6. The number of pyridine rings is 1. The molecule has 12 heteroatoms. The molecule has 0 bridgehead atoms. The van der Waals surface area contributed by atoms with Gasteiger partial charge in [-0.3, -0.25) is 0 Å². The van der Waals surface area contributed by atoms with Gasteiger partial charge in [0, 0.05) is 31.5 Å². The average molecular weight is 435 g/mol. The van der Waals surface area contributed by atoms with Crippen LogP contribution in [0.25, 0.3) is 16.3 Å². The van der Waals surface area contributed by atoms with Crippen molar-refractivity contribution in [3.05, 3.63) is 65.5 Å². The molecule has 0 aliphatic carbocycles. The summed E-state index contributed by atoms with van der Waals surface area (Å²) in [5.74, 6) is 1.02. The molecule has 0 aliphatic heterocycles. The zero-order valence-electron chi connectivity index (χ0n) is 16.1. The molecule has 0 saturated carbocycles. The Hall–Kier alpha value is -3.89. The smallest absolute Gasteiger partial charge is 0.223 e. The fraction of sp³-hybridized carbons (Fsp3) is 0.105. The Morgan fingerprint density at radius 1 is 1.16 bits per heavy atom. The van der Waals surface area contributed by atoms with Gasteiger partial charge in [0.2, 0.25) is 5.95 Å². The van der Waals surface area contributed by atoms with E-state index in [0.29, 0.717) is 35.4 Å². The Labute approximate surface area is 180 Å². The summed E-state index contributed by atoms with van der Waals surface area (Å²) in [6.45, 7) is 1.04. The van der Waals surface area contributed by atoms with Crippen molar-refractivity contribution in [2.75, 3.05) is 23.7 Å². The van der Waals surface area contributed by atoms with Crippen LogP contribution in [0.2, 0.25) is 0 Å². The molecular weight excluding hydrogens is 418 g/mol. The molecule has 0 aliphatic rings. The van der Waals surface area contributed by atoms with Gasteiger partial charge in [-0.25, -0.2) is 25.1 Å². The maximum Gasteiger partial charge on any atom is 0.223 e. The lowest BCUT2D eigenvalue weighted by Crippen LogP contribution is -2.99. The largest absolute Gasteiger partial charge is 0.595 e.